The SMILES string of the molecule is C[Si](C)(C)C#Cc1ccccc1Oc1ccccc1Br. The zero-order valence-corrected chi connectivity index (χ0v) is 14.5. The van der Waals surface area contributed by atoms with Gasteiger partial charge in [-0.2, -0.15) is 0 Å². The van der Waals surface area contributed by atoms with Gasteiger partial charge in [-0.1, -0.05) is 49.8 Å². The molecule has 0 aliphatic rings. The van der Waals surface area contributed by atoms with Crippen LogP contribution in [0.5, 0.6) is 11.5 Å². The summed E-state index contributed by atoms with van der Waals surface area (Å²) in [7, 11) is -1.39. The normalized spacial score (nSPS) is 10.6. The number of benzene rings is 2. The fourth-order valence-corrected chi connectivity index (χ4v) is 2.44. The van der Waals surface area contributed by atoms with Crippen LogP contribution in [0.15, 0.2) is 53.0 Å². The van der Waals surface area contributed by atoms with Crippen LogP contribution in [0.2, 0.25) is 19.6 Å². The summed E-state index contributed by atoms with van der Waals surface area (Å²) in [6, 6.07) is 15.7. The summed E-state index contributed by atoms with van der Waals surface area (Å²) in [5, 5.41) is 0. The summed E-state index contributed by atoms with van der Waals surface area (Å²) in [6.07, 6.45) is 0. The van der Waals surface area contributed by atoms with Gasteiger partial charge in [-0.3, -0.25) is 0 Å². The predicted molar refractivity (Wildman–Crippen MR) is 90.9 cm³/mol. The summed E-state index contributed by atoms with van der Waals surface area (Å²) >= 11 is 3.49. The summed E-state index contributed by atoms with van der Waals surface area (Å²) in [5.74, 6) is 4.86. The highest BCUT2D eigenvalue weighted by Crippen LogP contribution is 2.30. The first-order chi connectivity index (χ1) is 9.46. The van der Waals surface area contributed by atoms with Gasteiger partial charge in [0.2, 0.25) is 0 Å². The van der Waals surface area contributed by atoms with E-state index >= 15 is 0 Å². The molecule has 0 radical (unpaired) electrons. The summed E-state index contributed by atoms with van der Waals surface area (Å²) in [6.45, 7) is 6.70. The van der Waals surface area contributed by atoms with Crippen LogP contribution >= 0.6 is 15.9 Å². The highest BCUT2D eigenvalue weighted by atomic mass is 79.9. The van der Waals surface area contributed by atoms with Gasteiger partial charge in [-0.15, -0.1) is 5.54 Å². The van der Waals surface area contributed by atoms with E-state index in [4.69, 9.17) is 4.74 Å². The number of para-hydroxylation sites is 2. The molecule has 2 rings (SSSR count). The van der Waals surface area contributed by atoms with Crippen LogP contribution < -0.4 is 4.74 Å². The minimum absolute atomic E-state index is 0.796. The van der Waals surface area contributed by atoms with E-state index in [2.05, 4.69) is 47.0 Å². The maximum atomic E-state index is 5.97. The Morgan fingerprint density at radius 2 is 1.50 bits per heavy atom. The van der Waals surface area contributed by atoms with Crippen LogP contribution in [-0.4, -0.2) is 8.07 Å². The van der Waals surface area contributed by atoms with Crippen LogP contribution in [0.3, 0.4) is 0 Å². The molecule has 0 saturated heterocycles. The van der Waals surface area contributed by atoms with Gasteiger partial charge in [0.15, 0.2) is 0 Å². The molecule has 0 aromatic heterocycles. The zero-order valence-electron chi connectivity index (χ0n) is 11.9. The lowest BCUT2D eigenvalue weighted by molar-refractivity contribution is 0.478. The van der Waals surface area contributed by atoms with Gasteiger partial charge in [0.05, 0.1) is 10.0 Å². The minimum Gasteiger partial charge on any atom is -0.455 e. The van der Waals surface area contributed by atoms with Crippen LogP contribution in [0.25, 0.3) is 0 Å². The molecule has 0 atom stereocenters. The number of rotatable bonds is 2. The van der Waals surface area contributed by atoms with Crippen molar-refractivity contribution >= 4 is 24.0 Å². The topological polar surface area (TPSA) is 9.23 Å². The molecule has 2 aromatic carbocycles. The molecule has 3 heteroatoms. The Morgan fingerprint density at radius 1 is 0.900 bits per heavy atom. The quantitative estimate of drug-likeness (QED) is 0.518. The maximum absolute atomic E-state index is 5.97. The van der Waals surface area contributed by atoms with Crippen molar-refractivity contribution in [2.45, 2.75) is 19.6 Å². The molecule has 0 aliphatic heterocycles. The largest absolute Gasteiger partial charge is 0.455 e. The molecular formula is C17H17BrOSi. The highest BCUT2D eigenvalue weighted by Gasteiger charge is 2.09. The average Bonchev–Trinajstić information content (AvgIpc) is 2.39. The van der Waals surface area contributed by atoms with Crippen LogP contribution in [-0.2, 0) is 0 Å². The highest BCUT2D eigenvalue weighted by molar-refractivity contribution is 9.10. The van der Waals surface area contributed by atoms with E-state index in [1.165, 1.54) is 0 Å². The average molecular weight is 345 g/mol. The molecule has 0 fully saturated rings. The van der Waals surface area contributed by atoms with Crippen molar-refractivity contribution in [2.75, 3.05) is 0 Å². The molecule has 20 heavy (non-hydrogen) atoms. The Hall–Kier alpha value is -1.50. The van der Waals surface area contributed by atoms with E-state index in [0.29, 0.717) is 0 Å². The summed E-state index contributed by atoms with van der Waals surface area (Å²) in [5.41, 5.74) is 4.31. The first-order valence-electron chi connectivity index (χ1n) is 6.50. The summed E-state index contributed by atoms with van der Waals surface area (Å²) < 4.78 is 6.91. The van der Waals surface area contributed by atoms with Crippen molar-refractivity contribution in [3.8, 4) is 23.0 Å². The molecule has 0 saturated carbocycles. The lowest BCUT2D eigenvalue weighted by atomic mass is 10.2. The van der Waals surface area contributed by atoms with E-state index < -0.39 is 8.07 Å². The molecular weight excluding hydrogens is 328 g/mol. The third-order valence-electron chi connectivity index (χ3n) is 2.52. The summed E-state index contributed by atoms with van der Waals surface area (Å²) in [4.78, 5) is 0. The molecule has 0 spiro atoms. The van der Waals surface area contributed by atoms with E-state index in [1.54, 1.807) is 0 Å². The molecule has 2 aromatic rings. The molecule has 0 heterocycles. The lowest BCUT2D eigenvalue weighted by Crippen LogP contribution is -2.16. The van der Waals surface area contributed by atoms with Crippen molar-refractivity contribution in [3.63, 3.8) is 0 Å². The Labute approximate surface area is 130 Å². The van der Waals surface area contributed by atoms with Crippen LogP contribution in [0, 0.1) is 11.5 Å². The molecule has 0 bridgehead atoms. The molecule has 0 unspecified atom stereocenters. The number of hydrogen-bond acceptors (Lipinski definition) is 1. The van der Waals surface area contributed by atoms with Gasteiger partial charge < -0.3 is 4.74 Å². The molecule has 102 valence electrons. The van der Waals surface area contributed by atoms with Crippen molar-refractivity contribution in [1.82, 2.24) is 0 Å². The first-order valence-corrected chi connectivity index (χ1v) is 10.8. The lowest BCUT2D eigenvalue weighted by Gasteiger charge is -2.10. The number of halogens is 1. The van der Waals surface area contributed by atoms with Gasteiger partial charge in [0.25, 0.3) is 0 Å². The fraction of sp³-hybridized carbons (Fsp3) is 0.176. The van der Waals surface area contributed by atoms with E-state index in [0.717, 1.165) is 21.5 Å². The van der Waals surface area contributed by atoms with Crippen LogP contribution in [0.4, 0.5) is 0 Å². The monoisotopic (exact) mass is 344 g/mol. The second kappa shape index (κ2) is 6.30. The van der Waals surface area contributed by atoms with E-state index in [9.17, 15) is 0 Å². The Balaban J connectivity index is 2.33. The standard InChI is InChI=1S/C17H17BrOSi/c1-20(2,3)13-12-14-8-4-6-10-16(14)19-17-11-7-5-9-15(17)18/h4-11H,1-3H3. The minimum atomic E-state index is -1.39. The van der Waals surface area contributed by atoms with Gasteiger partial charge in [0.1, 0.15) is 19.6 Å². The predicted octanol–water partition coefficient (Wildman–Crippen LogP) is 5.47. The van der Waals surface area contributed by atoms with Gasteiger partial charge in [0, 0.05) is 0 Å². The maximum Gasteiger partial charge on any atom is 0.143 e. The third-order valence-corrected chi connectivity index (χ3v) is 4.05. The van der Waals surface area contributed by atoms with Crippen molar-refractivity contribution in [3.05, 3.63) is 58.6 Å². The molecule has 0 N–H and O–H groups in total. The smallest absolute Gasteiger partial charge is 0.143 e. The van der Waals surface area contributed by atoms with Crippen molar-refractivity contribution < 1.29 is 4.74 Å². The zero-order chi connectivity index (χ0) is 14.6. The number of hydrogen-bond donors (Lipinski definition) is 0. The van der Waals surface area contributed by atoms with E-state index in [-0.39, 0.29) is 0 Å². The second-order valence-electron chi connectivity index (χ2n) is 5.53. The third kappa shape index (κ3) is 4.26. The van der Waals surface area contributed by atoms with Gasteiger partial charge in [-0.25, -0.2) is 0 Å². The Morgan fingerprint density at radius 3 is 2.15 bits per heavy atom. The van der Waals surface area contributed by atoms with Crippen LogP contribution in [0.1, 0.15) is 5.56 Å². The Kier molecular flexibility index (Phi) is 4.69. The molecule has 1 nitrogen and oxygen atoms in total. The second-order valence-corrected chi connectivity index (χ2v) is 11.1. The van der Waals surface area contributed by atoms with Gasteiger partial charge >= 0.3 is 0 Å². The molecule has 0 aliphatic carbocycles. The Bertz CT molecular complexity index is 662. The first kappa shape index (κ1) is 14.9. The van der Waals surface area contributed by atoms with Crippen molar-refractivity contribution in [1.29, 1.82) is 0 Å². The number of ether oxygens (including phenoxy) is 1. The molecule has 0 amide bonds. The van der Waals surface area contributed by atoms with E-state index in [1.807, 2.05) is 48.5 Å². The van der Waals surface area contributed by atoms with Crippen molar-refractivity contribution in [2.24, 2.45) is 0 Å². The van der Waals surface area contributed by atoms with Gasteiger partial charge in [-0.05, 0) is 40.2 Å². The fourth-order valence-electron chi connectivity index (χ4n) is 1.56.